The van der Waals surface area contributed by atoms with E-state index in [-0.39, 0.29) is 5.78 Å². The van der Waals surface area contributed by atoms with E-state index in [2.05, 4.69) is 5.32 Å². The maximum Gasteiger partial charge on any atom is 0.167 e. The van der Waals surface area contributed by atoms with Crippen molar-refractivity contribution >= 4 is 5.78 Å². The minimum absolute atomic E-state index is 0.130. The molecule has 3 heteroatoms. The van der Waals surface area contributed by atoms with E-state index in [4.69, 9.17) is 4.74 Å². The minimum Gasteiger partial charge on any atom is -0.493 e. The van der Waals surface area contributed by atoms with E-state index in [9.17, 15) is 4.79 Å². The van der Waals surface area contributed by atoms with Crippen LogP contribution in [0.3, 0.4) is 0 Å². The van der Waals surface area contributed by atoms with E-state index in [1.807, 2.05) is 38.1 Å². The Balaban J connectivity index is 2.66. The number of Topliss-reactive ketones (excluding diaryl/α,β-unsaturated/α-hetero) is 1. The molecule has 0 saturated carbocycles. The zero-order chi connectivity index (χ0) is 11.8. The second kappa shape index (κ2) is 7.01. The van der Waals surface area contributed by atoms with Gasteiger partial charge in [0.1, 0.15) is 5.75 Å². The molecule has 88 valence electrons. The van der Waals surface area contributed by atoms with E-state index in [0.29, 0.717) is 24.3 Å². The first kappa shape index (κ1) is 12.7. The summed E-state index contributed by atoms with van der Waals surface area (Å²) in [4.78, 5) is 11.9. The Morgan fingerprint density at radius 2 is 2.06 bits per heavy atom. The summed E-state index contributed by atoms with van der Waals surface area (Å²) in [6, 6.07) is 7.40. The molecule has 1 aromatic carbocycles. The van der Waals surface area contributed by atoms with E-state index < -0.39 is 0 Å². The van der Waals surface area contributed by atoms with Crippen LogP contribution in [-0.4, -0.2) is 25.5 Å². The molecule has 0 spiro atoms. The van der Waals surface area contributed by atoms with Gasteiger partial charge in [0.2, 0.25) is 0 Å². The van der Waals surface area contributed by atoms with Crippen LogP contribution in [0, 0.1) is 0 Å². The van der Waals surface area contributed by atoms with Crippen LogP contribution in [0.4, 0.5) is 0 Å². The molecule has 0 aliphatic heterocycles. The molecule has 0 fully saturated rings. The number of benzene rings is 1. The van der Waals surface area contributed by atoms with Crippen molar-refractivity contribution in [3.05, 3.63) is 29.8 Å². The molecule has 16 heavy (non-hydrogen) atoms. The number of nitrogens with one attached hydrogen (secondary N) is 1. The summed E-state index contributed by atoms with van der Waals surface area (Å²) in [6.45, 7) is 6.13. The van der Waals surface area contributed by atoms with Crippen LogP contribution in [0.15, 0.2) is 24.3 Å². The lowest BCUT2D eigenvalue weighted by atomic mass is 10.1. The van der Waals surface area contributed by atoms with Crippen molar-refractivity contribution in [2.24, 2.45) is 0 Å². The first-order valence-corrected chi connectivity index (χ1v) is 5.75. The summed E-state index contributed by atoms with van der Waals surface area (Å²) >= 11 is 0. The van der Waals surface area contributed by atoms with Gasteiger partial charge in [0.05, 0.1) is 12.2 Å². The number of carbonyl (C=O) groups is 1. The molecule has 0 bridgehead atoms. The highest BCUT2D eigenvalue weighted by Crippen LogP contribution is 2.19. The van der Waals surface area contributed by atoms with Crippen LogP contribution in [0.2, 0.25) is 0 Å². The zero-order valence-corrected chi connectivity index (χ0v) is 9.95. The van der Waals surface area contributed by atoms with E-state index in [0.717, 1.165) is 13.1 Å². The summed E-state index contributed by atoms with van der Waals surface area (Å²) in [5, 5.41) is 3.14. The van der Waals surface area contributed by atoms with Crippen molar-refractivity contribution in [3.8, 4) is 5.75 Å². The third-order valence-corrected chi connectivity index (χ3v) is 2.27. The first-order chi connectivity index (χ1) is 7.79. The molecule has 0 aliphatic rings. The number of rotatable bonds is 7. The fraction of sp³-hybridized carbons (Fsp3) is 0.462. The first-order valence-electron chi connectivity index (χ1n) is 5.75. The Labute approximate surface area is 96.8 Å². The lowest BCUT2D eigenvalue weighted by Crippen LogP contribution is -2.17. The van der Waals surface area contributed by atoms with Gasteiger partial charge in [-0.15, -0.1) is 0 Å². The molecular weight excluding hydrogens is 202 g/mol. The molecule has 0 amide bonds. The van der Waals surface area contributed by atoms with Gasteiger partial charge in [-0.2, -0.15) is 0 Å². The van der Waals surface area contributed by atoms with Crippen LogP contribution in [0.25, 0.3) is 0 Å². The second-order valence-corrected chi connectivity index (χ2v) is 3.46. The zero-order valence-electron chi connectivity index (χ0n) is 9.95. The average Bonchev–Trinajstić information content (AvgIpc) is 2.30. The third kappa shape index (κ3) is 3.66. The Bertz CT molecular complexity index is 336. The van der Waals surface area contributed by atoms with Crippen molar-refractivity contribution in [2.45, 2.75) is 20.3 Å². The SMILES string of the molecule is CCNCCC(=O)c1ccccc1OCC. The monoisotopic (exact) mass is 221 g/mol. The Kier molecular flexibility index (Phi) is 5.57. The minimum atomic E-state index is 0.130. The molecule has 1 N–H and O–H groups in total. The molecule has 0 atom stereocenters. The smallest absolute Gasteiger partial charge is 0.167 e. The molecule has 0 aromatic heterocycles. The number of carbonyl (C=O) groups excluding carboxylic acids is 1. The van der Waals surface area contributed by atoms with Gasteiger partial charge in [-0.25, -0.2) is 0 Å². The van der Waals surface area contributed by atoms with Gasteiger partial charge in [-0.05, 0) is 25.6 Å². The Morgan fingerprint density at radius 3 is 2.75 bits per heavy atom. The van der Waals surface area contributed by atoms with Crippen LogP contribution < -0.4 is 10.1 Å². The van der Waals surface area contributed by atoms with Crippen molar-refractivity contribution in [1.29, 1.82) is 0 Å². The fourth-order valence-corrected chi connectivity index (χ4v) is 1.49. The molecule has 1 aromatic rings. The standard InChI is InChI=1S/C13H19NO2/c1-3-14-10-9-12(15)11-7-5-6-8-13(11)16-4-2/h5-8,14H,3-4,9-10H2,1-2H3. The second-order valence-electron chi connectivity index (χ2n) is 3.46. The van der Waals surface area contributed by atoms with Gasteiger partial charge in [-0.1, -0.05) is 19.1 Å². The molecule has 0 heterocycles. The van der Waals surface area contributed by atoms with Crippen molar-refractivity contribution in [3.63, 3.8) is 0 Å². The van der Waals surface area contributed by atoms with Gasteiger partial charge >= 0.3 is 0 Å². The van der Waals surface area contributed by atoms with E-state index >= 15 is 0 Å². The normalized spacial score (nSPS) is 10.1. The summed E-state index contributed by atoms with van der Waals surface area (Å²) < 4.78 is 5.42. The molecule has 0 radical (unpaired) electrons. The number of hydrogen-bond donors (Lipinski definition) is 1. The van der Waals surface area contributed by atoms with E-state index in [1.165, 1.54) is 0 Å². The van der Waals surface area contributed by atoms with Gasteiger partial charge in [0.15, 0.2) is 5.78 Å². The van der Waals surface area contributed by atoms with Gasteiger partial charge in [0.25, 0.3) is 0 Å². The molecule has 0 saturated heterocycles. The van der Waals surface area contributed by atoms with Crippen LogP contribution in [-0.2, 0) is 0 Å². The fourth-order valence-electron chi connectivity index (χ4n) is 1.49. The summed E-state index contributed by atoms with van der Waals surface area (Å²) in [5.74, 6) is 0.816. The van der Waals surface area contributed by atoms with Crippen LogP contribution in [0.5, 0.6) is 5.75 Å². The van der Waals surface area contributed by atoms with Crippen molar-refractivity contribution < 1.29 is 9.53 Å². The molecule has 3 nitrogen and oxygen atoms in total. The summed E-state index contributed by atoms with van der Waals surface area (Å²) in [6.07, 6.45) is 0.512. The highest BCUT2D eigenvalue weighted by Gasteiger charge is 2.10. The topological polar surface area (TPSA) is 38.3 Å². The lowest BCUT2D eigenvalue weighted by Gasteiger charge is -2.08. The largest absolute Gasteiger partial charge is 0.493 e. The lowest BCUT2D eigenvalue weighted by molar-refractivity contribution is 0.0979. The van der Waals surface area contributed by atoms with Gasteiger partial charge in [0, 0.05) is 13.0 Å². The molecule has 0 aliphatic carbocycles. The quantitative estimate of drug-likeness (QED) is 0.567. The number of para-hydroxylation sites is 1. The number of ether oxygens (including phenoxy) is 1. The Hall–Kier alpha value is -1.35. The number of ketones is 1. The highest BCUT2D eigenvalue weighted by molar-refractivity contribution is 5.98. The highest BCUT2D eigenvalue weighted by atomic mass is 16.5. The predicted octanol–water partition coefficient (Wildman–Crippen LogP) is 2.27. The predicted molar refractivity (Wildman–Crippen MR) is 65.1 cm³/mol. The Morgan fingerprint density at radius 1 is 1.31 bits per heavy atom. The number of hydrogen-bond acceptors (Lipinski definition) is 3. The molecule has 1 rings (SSSR count). The third-order valence-electron chi connectivity index (χ3n) is 2.27. The van der Waals surface area contributed by atoms with Gasteiger partial charge in [-0.3, -0.25) is 4.79 Å². The van der Waals surface area contributed by atoms with Crippen LogP contribution in [0.1, 0.15) is 30.6 Å². The summed E-state index contributed by atoms with van der Waals surface area (Å²) in [5.41, 5.74) is 0.683. The maximum atomic E-state index is 11.9. The molecule has 0 unspecified atom stereocenters. The summed E-state index contributed by atoms with van der Waals surface area (Å²) in [7, 11) is 0. The maximum absolute atomic E-state index is 11.9. The van der Waals surface area contributed by atoms with Crippen LogP contribution >= 0.6 is 0 Å². The van der Waals surface area contributed by atoms with Crippen molar-refractivity contribution in [2.75, 3.05) is 19.7 Å². The molecular formula is C13H19NO2. The van der Waals surface area contributed by atoms with Gasteiger partial charge < -0.3 is 10.1 Å². The van der Waals surface area contributed by atoms with E-state index in [1.54, 1.807) is 0 Å². The average molecular weight is 221 g/mol. The van der Waals surface area contributed by atoms with Crippen molar-refractivity contribution in [1.82, 2.24) is 5.32 Å².